The Hall–Kier alpha value is -3.03. The van der Waals surface area contributed by atoms with Gasteiger partial charge in [0.2, 0.25) is 5.91 Å². The summed E-state index contributed by atoms with van der Waals surface area (Å²) in [6.45, 7) is 7.95. The maximum Gasteiger partial charge on any atom is 0.236 e. The molecule has 0 saturated carbocycles. The van der Waals surface area contributed by atoms with Crippen molar-refractivity contribution in [1.82, 2.24) is 14.8 Å². The third-order valence-electron chi connectivity index (χ3n) is 8.05. The van der Waals surface area contributed by atoms with Crippen LogP contribution >= 0.6 is 0 Å². The number of H-pyrrole nitrogens is 1. The van der Waals surface area contributed by atoms with Gasteiger partial charge in [0.1, 0.15) is 0 Å². The minimum absolute atomic E-state index is 0.146. The van der Waals surface area contributed by atoms with Crippen LogP contribution in [0.3, 0.4) is 0 Å². The fourth-order valence-corrected chi connectivity index (χ4v) is 5.99. The molecule has 37 heavy (non-hydrogen) atoms. The van der Waals surface area contributed by atoms with E-state index in [0.717, 1.165) is 54.2 Å². The van der Waals surface area contributed by atoms with Crippen molar-refractivity contribution in [3.05, 3.63) is 47.5 Å². The number of benzene rings is 2. The van der Waals surface area contributed by atoms with Gasteiger partial charge in [-0.1, -0.05) is 19.9 Å². The molecule has 7 nitrogen and oxygen atoms in total. The number of aliphatic hydroxyl groups is 1. The monoisotopic (exact) mass is 505 g/mol. The Labute approximate surface area is 219 Å². The van der Waals surface area contributed by atoms with Gasteiger partial charge in [0.15, 0.2) is 11.5 Å². The highest BCUT2D eigenvalue weighted by Gasteiger charge is 2.28. The summed E-state index contributed by atoms with van der Waals surface area (Å²) in [6, 6.07) is 12.9. The lowest BCUT2D eigenvalue weighted by molar-refractivity contribution is -0.132. The van der Waals surface area contributed by atoms with E-state index in [1.54, 1.807) is 19.1 Å². The molecule has 3 heterocycles. The third-order valence-corrected chi connectivity index (χ3v) is 8.05. The predicted octanol–water partition coefficient (Wildman–Crippen LogP) is 4.75. The van der Waals surface area contributed by atoms with Gasteiger partial charge in [0.05, 0.1) is 32.6 Å². The van der Waals surface area contributed by atoms with Crippen LogP contribution in [0.4, 0.5) is 0 Å². The van der Waals surface area contributed by atoms with Crippen LogP contribution in [0.5, 0.6) is 11.5 Å². The van der Waals surface area contributed by atoms with Crippen LogP contribution in [-0.2, 0) is 4.79 Å². The van der Waals surface area contributed by atoms with Gasteiger partial charge < -0.3 is 24.5 Å². The number of nitrogens with zero attached hydrogens (tertiary/aromatic N) is 2. The van der Waals surface area contributed by atoms with Crippen molar-refractivity contribution in [2.45, 2.75) is 51.0 Å². The molecule has 2 saturated heterocycles. The second kappa shape index (κ2) is 10.8. The summed E-state index contributed by atoms with van der Waals surface area (Å²) in [6.07, 6.45) is 2.43. The van der Waals surface area contributed by atoms with Crippen LogP contribution in [0, 0.1) is 0 Å². The standard InChI is InChI=1S/C30H39N3O4/c1-19(2)29-24-15-21(20-9-12-32(13-10-20)18-28(35)33-14-11-23(34)17-33)5-7-25(24)31-30(29)22-6-8-26(36-3)27(16-22)37-4/h5-8,15-16,19-20,23,31,34H,9-14,17-18H2,1-4H3. The smallest absolute Gasteiger partial charge is 0.236 e. The number of carbonyl (C=O) groups excluding carboxylic acids is 1. The van der Waals surface area contributed by atoms with Gasteiger partial charge >= 0.3 is 0 Å². The number of rotatable bonds is 7. The maximum atomic E-state index is 12.6. The number of aromatic nitrogens is 1. The van der Waals surface area contributed by atoms with E-state index >= 15 is 0 Å². The molecule has 5 rings (SSSR count). The third kappa shape index (κ3) is 5.20. The first-order chi connectivity index (χ1) is 17.9. The zero-order valence-electron chi connectivity index (χ0n) is 22.4. The Morgan fingerprint density at radius 3 is 2.43 bits per heavy atom. The molecule has 0 aliphatic carbocycles. The molecule has 2 aromatic carbocycles. The van der Waals surface area contributed by atoms with Crippen LogP contribution in [-0.4, -0.2) is 78.8 Å². The fourth-order valence-electron chi connectivity index (χ4n) is 5.99. The first-order valence-electron chi connectivity index (χ1n) is 13.4. The van der Waals surface area contributed by atoms with E-state index in [4.69, 9.17) is 9.47 Å². The number of amides is 1. The summed E-state index contributed by atoms with van der Waals surface area (Å²) < 4.78 is 11.0. The molecular formula is C30H39N3O4. The Kier molecular flexibility index (Phi) is 7.45. The highest BCUT2D eigenvalue weighted by molar-refractivity contribution is 5.92. The molecule has 1 unspecified atom stereocenters. The second-order valence-electron chi connectivity index (χ2n) is 10.8. The average molecular weight is 506 g/mol. The zero-order valence-corrected chi connectivity index (χ0v) is 22.4. The van der Waals surface area contributed by atoms with Gasteiger partial charge in [0, 0.05) is 29.6 Å². The molecule has 2 aliphatic heterocycles. The quantitative estimate of drug-likeness (QED) is 0.485. The Morgan fingerprint density at radius 1 is 1.03 bits per heavy atom. The number of aromatic amines is 1. The molecule has 2 fully saturated rings. The normalized spacial score (nSPS) is 19.2. The second-order valence-corrected chi connectivity index (χ2v) is 10.8. The van der Waals surface area contributed by atoms with Crippen LogP contribution in [0.1, 0.15) is 56.1 Å². The van der Waals surface area contributed by atoms with Crippen molar-refractivity contribution in [2.75, 3.05) is 46.9 Å². The van der Waals surface area contributed by atoms with Crippen molar-refractivity contribution in [2.24, 2.45) is 0 Å². The largest absolute Gasteiger partial charge is 0.493 e. The molecule has 3 aromatic rings. The van der Waals surface area contributed by atoms with Gasteiger partial charge in [-0.2, -0.15) is 0 Å². The summed E-state index contributed by atoms with van der Waals surface area (Å²) in [7, 11) is 3.32. The number of β-amino-alcohol motifs (C(OH)–C–C–N with tert-alkyl or cyclic N) is 1. The van der Waals surface area contributed by atoms with E-state index in [1.165, 1.54) is 16.5 Å². The first-order valence-corrected chi connectivity index (χ1v) is 13.4. The van der Waals surface area contributed by atoms with Crippen molar-refractivity contribution in [3.8, 4) is 22.8 Å². The number of nitrogens with one attached hydrogen (secondary N) is 1. The molecule has 198 valence electrons. The van der Waals surface area contributed by atoms with Crippen LogP contribution in [0.2, 0.25) is 0 Å². The lowest BCUT2D eigenvalue weighted by Crippen LogP contribution is -2.42. The van der Waals surface area contributed by atoms with Gasteiger partial charge in [-0.25, -0.2) is 0 Å². The summed E-state index contributed by atoms with van der Waals surface area (Å²) in [5.41, 5.74) is 6.06. The predicted molar refractivity (Wildman–Crippen MR) is 147 cm³/mol. The summed E-state index contributed by atoms with van der Waals surface area (Å²) in [4.78, 5) is 20.4. The Balaban J connectivity index is 1.34. The molecule has 2 aliphatic rings. The molecular weight excluding hydrogens is 466 g/mol. The number of carbonyl (C=O) groups is 1. The van der Waals surface area contributed by atoms with E-state index in [-0.39, 0.29) is 12.0 Å². The van der Waals surface area contributed by atoms with Crippen LogP contribution in [0.15, 0.2) is 36.4 Å². The number of fused-ring (bicyclic) bond motifs is 1. The lowest BCUT2D eigenvalue weighted by atomic mass is 9.87. The lowest BCUT2D eigenvalue weighted by Gasteiger charge is -2.32. The molecule has 1 aromatic heterocycles. The number of aliphatic hydroxyl groups excluding tert-OH is 1. The van der Waals surface area contributed by atoms with E-state index in [0.29, 0.717) is 37.9 Å². The molecule has 2 N–H and O–H groups in total. The summed E-state index contributed by atoms with van der Waals surface area (Å²) >= 11 is 0. The summed E-state index contributed by atoms with van der Waals surface area (Å²) in [5, 5.41) is 11.0. The molecule has 0 radical (unpaired) electrons. The highest BCUT2D eigenvalue weighted by atomic mass is 16.5. The number of hydrogen-bond acceptors (Lipinski definition) is 5. The molecule has 0 bridgehead atoms. The number of methoxy groups -OCH3 is 2. The van der Waals surface area contributed by atoms with Gasteiger partial charge in [-0.15, -0.1) is 0 Å². The van der Waals surface area contributed by atoms with Gasteiger partial charge in [-0.05, 0) is 85.6 Å². The molecule has 1 atom stereocenters. The molecule has 0 spiro atoms. The van der Waals surface area contributed by atoms with E-state index < -0.39 is 0 Å². The maximum absolute atomic E-state index is 12.6. The SMILES string of the molecule is COc1ccc(-c2[nH]c3ccc(C4CCN(CC(=O)N5CCC(O)C5)CC4)cc3c2C(C)C)cc1OC. The Bertz CT molecular complexity index is 1260. The topological polar surface area (TPSA) is 78.0 Å². The average Bonchev–Trinajstić information content (AvgIpc) is 3.52. The van der Waals surface area contributed by atoms with Crippen molar-refractivity contribution in [3.63, 3.8) is 0 Å². The molecule has 7 heteroatoms. The zero-order chi connectivity index (χ0) is 26.1. The minimum atomic E-state index is -0.360. The fraction of sp³-hybridized carbons (Fsp3) is 0.500. The van der Waals surface area contributed by atoms with Gasteiger partial charge in [-0.3, -0.25) is 9.69 Å². The van der Waals surface area contributed by atoms with Crippen LogP contribution in [0.25, 0.3) is 22.2 Å². The highest BCUT2D eigenvalue weighted by Crippen LogP contribution is 2.40. The van der Waals surface area contributed by atoms with Crippen molar-refractivity contribution in [1.29, 1.82) is 0 Å². The Morgan fingerprint density at radius 2 is 1.78 bits per heavy atom. The molecule has 1 amide bonds. The van der Waals surface area contributed by atoms with E-state index in [9.17, 15) is 9.90 Å². The van der Waals surface area contributed by atoms with Crippen LogP contribution < -0.4 is 9.47 Å². The summed E-state index contributed by atoms with van der Waals surface area (Å²) in [5.74, 6) is 2.43. The number of hydrogen-bond donors (Lipinski definition) is 2. The number of ether oxygens (including phenoxy) is 2. The number of piperidine rings is 1. The van der Waals surface area contributed by atoms with Crippen molar-refractivity contribution >= 4 is 16.8 Å². The van der Waals surface area contributed by atoms with Gasteiger partial charge in [0.25, 0.3) is 0 Å². The number of likely N-dealkylation sites (tertiary alicyclic amines) is 2. The van der Waals surface area contributed by atoms with Crippen molar-refractivity contribution < 1.29 is 19.4 Å². The van der Waals surface area contributed by atoms with E-state index in [1.807, 2.05) is 12.1 Å². The first kappa shape index (κ1) is 25.6. The van der Waals surface area contributed by atoms with E-state index in [2.05, 4.69) is 48.0 Å². The minimum Gasteiger partial charge on any atom is -0.493 e.